The Morgan fingerprint density at radius 1 is 1.11 bits per heavy atom. The maximum atomic E-state index is 13.5. The minimum atomic E-state index is -3.56. The summed E-state index contributed by atoms with van der Waals surface area (Å²) in [5, 5.41) is 3.47. The zero-order chi connectivity index (χ0) is 26.0. The molecule has 194 valence electrons. The van der Waals surface area contributed by atoms with Crippen LogP contribution >= 0.6 is 11.3 Å². The summed E-state index contributed by atoms with van der Waals surface area (Å²) < 4.78 is 27.9. The van der Waals surface area contributed by atoms with E-state index in [-0.39, 0.29) is 10.8 Å². The van der Waals surface area contributed by atoms with Crippen LogP contribution in [0, 0.1) is 18.3 Å². The molecule has 0 unspecified atom stereocenters. The summed E-state index contributed by atoms with van der Waals surface area (Å²) in [6.07, 6.45) is 10.8. The van der Waals surface area contributed by atoms with E-state index < -0.39 is 15.9 Å². The first-order valence-electron chi connectivity index (χ1n) is 12.7. The third-order valence-corrected chi connectivity index (χ3v) is 10.2. The van der Waals surface area contributed by atoms with Gasteiger partial charge in [0, 0.05) is 26.2 Å². The normalized spacial score (nSPS) is 18.6. The molecule has 8 nitrogen and oxygen atoms in total. The van der Waals surface area contributed by atoms with E-state index in [0.29, 0.717) is 53.3 Å². The lowest BCUT2D eigenvalue weighted by atomic mass is 9.87. The number of hydrogen-bond donors (Lipinski definition) is 1. The molecule has 3 heterocycles. The van der Waals surface area contributed by atoms with Crippen molar-refractivity contribution in [1.82, 2.24) is 19.2 Å². The van der Waals surface area contributed by atoms with E-state index in [1.807, 2.05) is 7.05 Å². The molecular formula is C27H31N5O3S2. The fourth-order valence-electron chi connectivity index (χ4n) is 5.17. The molecule has 3 aromatic rings. The van der Waals surface area contributed by atoms with Crippen LogP contribution in [0.25, 0.3) is 10.3 Å². The van der Waals surface area contributed by atoms with Crippen molar-refractivity contribution in [3.8, 4) is 12.3 Å². The average Bonchev–Trinajstić information content (AvgIpc) is 3.56. The van der Waals surface area contributed by atoms with Gasteiger partial charge in [0.25, 0.3) is 0 Å². The van der Waals surface area contributed by atoms with Gasteiger partial charge in [-0.15, -0.1) is 6.42 Å². The first kappa shape index (κ1) is 25.8. The summed E-state index contributed by atoms with van der Waals surface area (Å²) in [5.41, 5.74) is 2.03. The number of benzene rings is 1. The van der Waals surface area contributed by atoms with Crippen LogP contribution in [0.4, 0.5) is 5.13 Å². The van der Waals surface area contributed by atoms with Gasteiger partial charge in [0.15, 0.2) is 5.13 Å². The molecule has 2 aromatic heterocycles. The molecule has 1 amide bonds. The zero-order valence-corrected chi connectivity index (χ0v) is 22.5. The molecule has 0 spiro atoms. The summed E-state index contributed by atoms with van der Waals surface area (Å²) in [6, 6.07) is 10.4. The minimum Gasteiger partial charge on any atom is -0.304 e. The van der Waals surface area contributed by atoms with Gasteiger partial charge in [-0.2, -0.15) is 4.31 Å². The highest BCUT2D eigenvalue weighted by molar-refractivity contribution is 7.89. The highest BCUT2D eigenvalue weighted by Crippen LogP contribution is 2.36. The van der Waals surface area contributed by atoms with Crippen LogP contribution < -0.4 is 5.32 Å². The molecule has 0 bridgehead atoms. The van der Waals surface area contributed by atoms with Crippen LogP contribution in [-0.2, 0) is 14.8 Å². The molecule has 1 aliphatic carbocycles. The van der Waals surface area contributed by atoms with E-state index in [1.54, 1.807) is 36.4 Å². The summed E-state index contributed by atoms with van der Waals surface area (Å²) in [4.78, 5) is 25.5. The van der Waals surface area contributed by atoms with Crippen molar-refractivity contribution < 1.29 is 13.2 Å². The molecule has 10 heteroatoms. The van der Waals surface area contributed by atoms with E-state index in [1.165, 1.54) is 28.5 Å². The number of anilines is 1. The number of aromatic nitrogens is 2. The second-order valence-electron chi connectivity index (χ2n) is 9.89. The number of pyridine rings is 1. The SMILES string of the molecule is C#Cc1ccc2nc(NC(=O)[C@H](CC3CCCC3)c3ccc(S(=O)(=O)N4CCN(C)CC4)cc3)sc2n1. The maximum absolute atomic E-state index is 13.5. The number of amides is 1. The van der Waals surface area contributed by atoms with E-state index >= 15 is 0 Å². The second-order valence-corrected chi connectivity index (χ2v) is 12.8. The number of carbonyl (C=O) groups is 1. The van der Waals surface area contributed by atoms with Crippen molar-refractivity contribution in [2.75, 3.05) is 38.5 Å². The van der Waals surface area contributed by atoms with Crippen molar-refractivity contribution in [2.45, 2.75) is 42.9 Å². The number of piperazine rings is 1. The Morgan fingerprint density at radius 3 is 2.49 bits per heavy atom. The van der Waals surface area contributed by atoms with Gasteiger partial charge >= 0.3 is 0 Å². The van der Waals surface area contributed by atoms with Gasteiger partial charge < -0.3 is 10.2 Å². The van der Waals surface area contributed by atoms with E-state index in [2.05, 4.69) is 26.1 Å². The van der Waals surface area contributed by atoms with Crippen LogP contribution in [0.15, 0.2) is 41.3 Å². The first-order valence-corrected chi connectivity index (χ1v) is 14.9. The molecule has 1 saturated heterocycles. The van der Waals surface area contributed by atoms with Crippen LogP contribution in [0.5, 0.6) is 0 Å². The monoisotopic (exact) mass is 537 g/mol. The van der Waals surface area contributed by atoms with Gasteiger partial charge in [-0.25, -0.2) is 18.4 Å². The van der Waals surface area contributed by atoms with Gasteiger partial charge in [0.05, 0.1) is 10.8 Å². The number of carbonyl (C=O) groups excluding carboxylic acids is 1. The van der Waals surface area contributed by atoms with Gasteiger partial charge in [-0.3, -0.25) is 4.79 Å². The molecular weight excluding hydrogens is 506 g/mol. The number of sulfonamides is 1. The first-order chi connectivity index (χ1) is 17.8. The molecule has 0 radical (unpaired) electrons. The number of hydrogen-bond acceptors (Lipinski definition) is 7. The molecule has 1 N–H and O–H groups in total. The Morgan fingerprint density at radius 2 is 1.81 bits per heavy atom. The fraction of sp³-hybridized carbons (Fsp3) is 0.444. The highest BCUT2D eigenvalue weighted by Gasteiger charge is 2.30. The van der Waals surface area contributed by atoms with Crippen LogP contribution in [0.1, 0.15) is 49.3 Å². The second kappa shape index (κ2) is 10.9. The van der Waals surface area contributed by atoms with Gasteiger partial charge in [0.2, 0.25) is 15.9 Å². The molecule has 1 saturated carbocycles. The fourth-order valence-corrected chi connectivity index (χ4v) is 7.43. The lowest BCUT2D eigenvalue weighted by Gasteiger charge is -2.31. The highest BCUT2D eigenvalue weighted by atomic mass is 32.2. The number of rotatable bonds is 7. The Balaban J connectivity index is 1.37. The lowest BCUT2D eigenvalue weighted by Crippen LogP contribution is -2.47. The van der Waals surface area contributed by atoms with Crippen molar-refractivity contribution in [1.29, 1.82) is 0 Å². The van der Waals surface area contributed by atoms with Crippen molar-refractivity contribution in [3.05, 3.63) is 47.7 Å². The Bertz CT molecular complexity index is 1410. The van der Waals surface area contributed by atoms with Crippen molar-refractivity contribution >= 4 is 42.7 Å². The summed E-state index contributed by atoms with van der Waals surface area (Å²) in [6.45, 7) is 2.39. The maximum Gasteiger partial charge on any atom is 0.243 e. The Labute approximate surface area is 222 Å². The van der Waals surface area contributed by atoms with E-state index in [4.69, 9.17) is 6.42 Å². The number of nitrogens with one attached hydrogen (secondary N) is 1. The molecule has 37 heavy (non-hydrogen) atoms. The molecule has 1 aromatic carbocycles. The minimum absolute atomic E-state index is 0.141. The summed E-state index contributed by atoms with van der Waals surface area (Å²) in [7, 11) is -1.57. The summed E-state index contributed by atoms with van der Waals surface area (Å²) in [5.74, 6) is 2.45. The Hall–Kier alpha value is -2.84. The number of likely N-dealkylation sites (N-methyl/N-ethyl adjacent to an activating group) is 1. The van der Waals surface area contributed by atoms with Crippen molar-refractivity contribution in [2.24, 2.45) is 5.92 Å². The lowest BCUT2D eigenvalue weighted by molar-refractivity contribution is -0.118. The number of nitrogens with zero attached hydrogens (tertiary/aromatic N) is 4. The molecule has 5 rings (SSSR count). The Kier molecular flexibility index (Phi) is 7.58. The summed E-state index contributed by atoms with van der Waals surface area (Å²) >= 11 is 1.29. The van der Waals surface area contributed by atoms with Gasteiger partial charge in [-0.05, 0) is 49.2 Å². The molecule has 2 aliphatic rings. The van der Waals surface area contributed by atoms with E-state index in [9.17, 15) is 13.2 Å². The standard InChI is InChI=1S/C27H31N5O3S2/c1-3-21-10-13-24-26(28-21)36-27(29-24)30-25(33)23(18-19-6-4-5-7-19)20-8-11-22(12-9-20)37(34,35)32-16-14-31(2)15-17-32/h1,8-13,19,23H,4-7,14-18H2,2H3,(H,29,30,33)/t23-/m1/s1. The number of thiazole rings is 1. The van der Waals surface area contributed by atoms with Gasteiger partial charge in [0.1, 0.15) is 16.0 Å². The predicted octanol–water partition coefficient (Wildman–Crippen LogP) is 3.91. The predicted molar refractivity (Wildman–Crippen MR) is 146 cm³/mol. The van der Waals surface area contributed by atoms with Crippen LogP contribution in [-0.4, -0.2) is 66.7 Å². The molecule has 1 atom stereocenters. The molecule has 1 aliphatic heterocycles. The largest absolute Gasteiger partial charge is 0.304 e. The smallest absolute Gasteiger partial charge is 0.243 e. The van der Waals surface area contributed by atoms with Gasteiger partial charge in [-0.1, -0.05) is 55.1 Å². The van der Waals surface area contributed by atoms with Crippen LogP contribution in [0.3, 0.4) is 0 Å². The van der Waals surface area contributed by atoms with Crippen molar-refractivity contribution in [3.63, 3.8) is 0 Å². The number of fused-ring (bicyclic) bond motifs is 1. The molecule has 2 fully saturated rings. The zero-order valence-electron chi connectivity index (χ0n) is 20.9. The third-order valence-electron chi connectivity index (χ3n) is 7.38. The quantitative estimate of drug-likeness (QED) is 0.459. The third kappa shape index (κ3) is 5.70. The topological polar surface area (TPSA) is 95.5 Å². The number of terminal acetylenes is 1. The van der Waals surface area contributed by atoms with Crippen LogP contribution in [0.2, 0.25) is 0 Å². The average molecular weight is 538 g/mol. The van der Waals surface area contributed by atoms with E-state index in [0.717, 1.165) is 24.8 Å².